The maximum Gasteiger partial charge on any atom is 0.0474 e. The van der Waals surface area contributed by atoms with Crippen LogP contribution in [0, 0.1) is 0 Å². The van der Waals surface area contributed by atoms with Crippen LogP contribution in [0.3, 0.4) is 0 Å². The first kappa shape index (κ1) is 14.9. The van der Waals surface area contributed by atoms with Gasteiger partial charge in [-0.3, -0.25) is 4.90 Å². The van der Waals surface area contributed by atoms with Gasteiger partial charge < -0.3 is 15.4 Å². The summed E-state index contributed by atoms with van der Waals surface area (Å²) in [4.78, 5) is 4.88. The topological polar surface area (TPSA) is 41.7 Å². The van der Waals surface area contributed by atoms with Crippen molar-refractivity contribution < 1.29 is 4.74 Å². The molecular formula is C13H29N3O. The highest BCUT2D eigenvalue weighted by molar-refractivity contribution is 4.93. The molecule has 0 aromatic carbocycles. The van der Waals surface area contributed by atoms with Gasteiger partial charge in [0.2, 0.25) is 0 Å². The van der Waals surface area contributed by atoms with Crippen LogP contribution in [0.1, 0.15) is 25.7 Å². The molecule has 0 aliphatic carbocycles. The van der Waals surface area contributed by atoms with Gasteiger partial charge in [0.15, 0.2) is 0 Å². The molecule has 0 saturated carbocycles. The third-order valence-corrected chi connectivity index (χ3v) is 4.17. The molecule has 1 saturated heterocycles. The van der Waals surface area contributed by atoms with E-state index in [2.05, 4.69) is 23.9 Å². The number of rotatable bonds is 6. The van der Waals surface area contributed by atoms with Gasteiger partial charge in [-0.05, 0) is 52.9 Å². The fourth-order valence-corrected chi connectivity index (χ4v) is 2.74. The van der Waals surface area contributed by atoms with Gasteiger partial charge in [-0.1, -0.05) is 0 Å². The van der Waals surface area contributed by atoms with Gasteiger partial charge in [-0.15, -0.1) is 0 Å². The van der Waals surface area contributed by atoms with E-state index in [0.29, 0.717) is 0 Å². The van der Waals surface area contributed by atoms with Gasteiger partial charge in [0, 0.05) is 32.3 Å². The molecule has 1 unspecified atom stereocenters. The number of ether oxygens (including phenoxy) is 1. The van der Waals surface area contributed by atoms with E-state index in [0.717, 1.165) is 32.7 Å². The van der Waals surface area contributed by atoms with E-state index in [1.54, 1.807) is 7.11 Å². The van der Waals surface area contributed by atoms with Gasteiger partial charge in [0.1, 0.15) is 0 Å². The SMILES string of the molecule is COCCCN(C)C1(CN)CCCN(C)CC1. The number of nitrogens with two attached hydrogens (primary N) is 1. The summed E-state index contributed by atoms with van der Waals surface area (Å²) in [5.74, 6) is 0. The second kappa shape index (κ2) is 7.31. The average molecular weight is 243 g/mol. The van der Waals surface area contributed by atoms with Crippen molar-refractivity contribution in [1.29, 1.82) is 0 Å². The summed E-state index contributed by atoms with van der Waals surface area (Å²) in [6.07, 6.45) is 4.74. The van der Waals surface area contributed by atoms with Gasteiger partial charge in [-0.25, -0.2) is 0 Å². The average Bonchev–Trinajstić information content (AvgIpc) is 2.52. The van der Waals surface area contributed by atoms with E-state index in [4.69, 9.17) is 10.5 Å². The molecule has 0 spiro atoms. The molecule has 4 heteroatoms. The van der Waals surface area contributed by atoms with Crippen molar-refractivity contribution >= 4 is 0 Å². The molecule has 0 amide bonds. The van der Waals surface area contributed by atoms with Crippen molar-refractivity contribution in [3.63, 3.8) is 0 Å². The zero-order valence-electron chi connectivity index (χ0n) is 11.7. The molecule has 4 nitrogen and oxygen atoms in total. The maximum atomic E-state index is 6.07. The Bertz CT molecular complexity index is 213. The summed E-state index contributed by atoms with van der Waals surface area (Å²) in [6, 6.07) is 0. The smallest absolute Gasteiger partial charge is 0.0474 e. The fraction of sp³-hybridized carbons (Fsp3) is 1.00. The fourth-order valence-electron chi connectivity index (χ4n) is 2.74. The Kier molecular flexibility index (Phi) is 6.41. The number of hydrogen-bond donors (Lipinski definition) is 1. The first-order chi connectivity index (χ1) is 8.14. The van der Waals surface area contributed by atoms with E-state index in [9.17, 15) is 0 Å². The van der Waals surface area contributed by atoms with E-state index < -0.39 is 0 Å². The lowest BCUT2D eigenvalue weighted by molar-refractivity contribution is 0.0928. The standard InChI is InChI=1S/C13H29N3O/c1-15-8-4-6-13(12-14,7-10-15)16(2)9-5-11-17-3/h4-12,14H2,1-3H3. The Morgan fingerprint density at radius 1 is 1.35 bits per heavy atom. The molecule has 0 aromatic rings. The highest BCUT2D eigenvalue weighted by Crippen LogP contribution is 2.26. The van der Waals surface area contributed by atoms with Crippen LogP contribution >= 0.6 is 0 Å². The number of likely N-dealkylation sites (N-methyl/N-ethyl adjacent to an activating group) is 1. The van der Waals surface area contributed by atoms with E-state index in [-0.39, 0.29) is 5.54 Å². The molecule has 2 N–H and O–H groups in total. The molecule has 17 heavy (non-hydrogen) atoms. The van der Waals surface area contributed by atoms with Crippen molar-refractivity contribution in [3.05, 3.63) is 0 Å². The quantitative estimate of drug-likeness (QED) is 0.700. The van der Waals surface area contributed by atoms with Crippen LogP contribution in [-0.2, 0) is 4.74 Å². The molecular weight excluding hydrogens is 214 g/mol. The van der Waals surface area contributed by atoms with Gasteiger partial charge in [0.05, 0.1) is 0 Å². The first-order valence-electron chi connectivity index (χ1n) is 6.73. The van der Waals surface area contributed by atoms with Gasteiger partial charge in [-0.2, -0.15) is 0 Å². The summed E-state index contributed by atoms with van der Waals surface area (Å²) in [6.45, 7) is 5.05. The Morgan fingerprint density at radius 2 is 2.12 bits per heavy atom. The van der Waals surface area contributed by atoms with Crippen LogP contribution < -0.4 is 5.73 Å². The Morgan fingerprint density at radius 3 is 2.76 bits per heavy atom. The molecule has 102 valence electrons. The lowest BCUT2D eigenvalue weighted by Crippen LogP contribution is -2.53. The second-order valence-corrected chi connectivity index (χ2v) is 5.35. The maximum absolute atomic E-state index is 6.07. The first-order valence-corrected chi connectivity index (χ1v) is 6.73. The lowest BCUT2D eigenvalue weighted by Gasteiger charge is -2.41. The Balaban J connectivity index is 2.53. The van der Waals surface area contributed by atoms with Crippen molar-refractivity contribution in [2.45, 2.75) is 31.2 Å². The van der Waals surface area contributed by atoms with Crippen LogP contribution in [0.2, 0.25) is 0 Å². The van der Waals surface area contributed by atoms with Crippen LogP contribution in [0.15, 0.2) is 0 Å². The molecule has 0 bridgehead atoms. The van der Waals surface area contributed by atoms with Gasteiger partial charge >= 0.3 is 0 Å². The van der Waals surface area contributed by atoms with E-state index in [1.807, 2.05) is 0 Å². The predicted molar refractivity (Wildman–Crippen MR) is 72.3 cm³/mol. The lowest BCUT2D eigenvalue weighted by atomic mass is 9.88. The largest absolute Gasteiger partial charge is 0.385 e. The highest BCUT2D eigenvalue weighted by atomic mass is 16.5. The normalized spacial score (nSPS) is 27.4. The van der Waals surface area contributed by atoms with Crippen LogP contribution in [-0.4, -0.2) is 69.3 Å². The third-order valence-electron chi connectivity index (χ3n) is 4.17. The monoisotopic (exact) mass is 243 g/mol. The van der Waals surface area contributed by atoms with Crippen LogP contribution in [0.5, 0.6) is 0 Å². The van der Waals surface area contributed by atoms with Crippen molar-refractivity contribution in [3.8, 4) is 0 Å². The molecule has 0 radical (unpaired) electrons. The van der Waals surface area contributed by atoms with E-state index >= 15 is 0 Å². The van der Waals surface area contributed by atoms with Gasteiger partial charge in [0.25, 0.3) is 0 Å². The zero-order valence-corrected chi connectivity index (χ0v) is 11.7. The second-order valence-electron chi connectivity index (χ2n) is 5.35. The zero-order chi connectivity index (χ0) is 12.7. The summed E-state index contributed by atoms with van der Waals surface area (Å²) in [5, 5.41) is 0. The third kappa shape index (κ3) is 4.21. The molecule has 1 aliphatic rings. The Labute approximate surface area is 106 Å². The summed E-state index contributed by atoms with van der Waals surface area (Å²) >= 11 is 0. The molecule has 1 fully saturated rings. The molecule has 1 rings (SSSR count). The summed E-state index contributed by atoms with van der Waals surface area (Å²) in [7, 11) is 6.19. The number of methoxy groups -OCH3 is 1. The predicted octanol–water partition coefficient (Wildman–Crippen LogP) is 0.768. The minimum Gasteiger partial charge on any atom is -0.385 e. The van der Waals surface area contributed by atoms with Crippen molar-refractivity contribution in [2.75, 3.05) is 54.0 Å². The minimum atomic E-state index is 0.207. The molecule has 1 heterocycles. The van der Waals surface area contributed by atoms with Crippen LogP contribution in [0.4, 0.5) is 0 Å². The number of nitrogens with zero attached hydrogens (tertiary/aromatic N) is 2. The molecule has 1 atom stereocenters. The van der Waals surface area contributed by atoms with Crippen molar-refractivity contribution in [1.82, 2.24) is 9.80 Å². The molecule has 0 aromatic heterocycles. The summed E-state index contributed by atoms with van der Waals surface area (Å²) in [5.41, 5.74) is 6.27. The number of hydrogen-bond acceptors (Lipinski definition) is 4. The van der Waals surface area contributed by atoms with E-state index in [1.165, 1.54) is 25.8 Å². The minimum absolute atomic E-state index is 0.207. The molecule has 1 aliphatic heterocycles. The highest BCUT2D eigenvalue weighted by Gasteiger charge is 2.34. The summed E-state index contributed by atoms with van der Waals surface area (Å²) < 4.78 is 5.12. The Hall–Kier alpha value is -0.160. The van der Waals surface area contributed by atoms with Crippen LogP contribution in [0.25, 0.3) is 0 Å². The van der Waals surface area contributed by atoms with Crippen molar-refractivity contribution in [2.24, 2.45) is 5.73 Å². The number of likely N-dealkylation sites (tertiary alicyclic amines) is 1.